The molecule has 0 aliphatic carbocycles. The van der Waals surface area contributed by atoms with Crippen LogP contribution in [0.1, 0.15) is 10.4 Å². The molecular weight excluding hydrogens is 266 g/mol. The number of ether oxygens (including phenoxy) is 1. The third-order valence-corrected chi connectivity index (χ3v) is 1.71. The summed E-state index contributed by atoms with van der Waals surface area (Å²) in [4.78, 5) is 20.0. The molecule has 0 spiro atoms. The molecule has 5 nitrogen and oxygen atoms in total. The monoisotopic (exact) mass is 275 g/mol. The van der Waals surface area contributed by atoms with Gasteiger partial charge < -0.3 is 4.74 Å². The summed E-state index contributed by atoms with van der Waals surface area (Å²) in [6.07, 6.45) is 0.567. The average molecular weight is 276 g/mol. The molecule has 1 aromatic rings. The van der Waals surface area contributed by atoms with Crippen molar-refractivity contribution in [2.45, 2.75) is 0 Å². The van der Waals surface area contributed by atoms with Gasteiger partial charge >= 0.3 is 0 Å². The Kier molecular flexibility index (Phi) is 6.48. The van der Waals surface area contributed by atoms with Crippen LogP contribution in [0.2, 0.25) is 0 Å². The Bertz CT molecular complexity index is 354. The molecule has 0 aliphatic rings. The van der Waals surface area contributed by atoms with Gasteiger partial charge in [-0.05, 0) is 6.07 Å². The van der Waals surface area contributed by atoms with Gasteiger partial charge in [0, 0.05) is 36.4 Å². The number of hydrogen-bond acceptors (Lipinski definition) is 4. The number of methoxy groups -OCH3 is 1. The number of carbonyl (C=O) groups is 1. The first kappa shape index (κ1) is 13.7. The van der Waals surface area contributed by atoms with E-state index in [0.717, 1.165) is 0 Å². The molecule has 0 aliphatic heterocycles. The lowest BCUT2D eigenvalue weighted by Crippen LogP contribution is -1.89. The lowest BCUT2D eigenvalue weighted by molar-refractivity contribution is -0.384. The van der Waals surface area contributed by atoms with Crippen molar-refractivity contribution in [1.29, 1.82) is 0 Å². The van der Waals surface area contributed by atoms with E-state index in [0.29, 0.717) is 10.8 Å². The predicted molar refractivity (Wildman–Crippen MR) is 59.1 cm³/mol. The molecule has 0 aromatic heterocycles. The van der Waals surface area contributed by atoms with Crippen molar-refractivity contribution < 1.29 is 14.5 Å². The third kappa shape index (κ3) is 5.24. The first-order chi connectivity index (χ1) is 7.04. The number of nitro benzene ring substituents is 1. The van der Waals surface area contributed by atoms with Crippen molar-refractivity contribution in [3.63, 3.8) is 0 Å². The van der Waals surface area contributed by atoms with Gasteiger partial charge in [0.1, 0.15) is 6.29 Å². The molecule has 0 saturated carbocycles. The second-order valence-electron chi connectivity index (χ2n) is 2.53. The number of non-ortho nitro benzene ring substituents is 1. The van der Waals surface area contributed by atoms with E-state index in [4.69, 9.17) is 0 Å². The summed E-state index contributed by atoms with van der Waals surface area (Å²) < 4.78 is 4.78. The van der Waals surface area contributed by atoms with Gasteiger partial charge in [0.2, 0.25) is 0 Å². The minimum absolute atomic E-state index is 0.0912. The lowest BCUT2D eigenvalue weighted by Gasteiger charge is -1.93. The molecule has 1 aromatic carbocycles. The maximum Gasteiger partial charge on any atom is 0.271 e. The number of nitro groups is 1. The molecule has 0 bridgehead atoms. The quantitative estimate of drug-likeness (QED) is 0.472. The zero-order chi connectivity index (χ0) is 11.8. The molecule has 15 heavy (non-hydrogen) atoms. The Morgan fingerprint density at radius 1 is 1.40 bits per heavy atom. The fraction of sp³-hybridized carbons (Fsp3) is 0.222. The Labute approximate surface area is 95.3 Å². The highest BCUT2D eigenvalue weighted by atomic mass is 79.9. The lowest BCUT2D eigenvalue weighted by atomic mass is 10.2. The number of aldehydes is 1. The summed E-state index contributed by atoms with van der Waals surface area (Å²) in [5.41, 5.74) is 0.197. The first-order valence-corrected chi connectivity index (χ1v) is 4.64. The van der Waals surface area contributed by atoms with E-state index in [-0.39, 0.29) is 11.3 Å². The van der Waals surface area contributed by atoms with Gasteiger partial charge in [-0.3, -0.25) is 14.9 Å². The number of rotatable bonds is 2. The summed E-state index contributed by atoms with van der Waals surface area (Å²) in [5, 5.41) is 10.3. The molecule has 0 saturated heterocycles. The molecule has 0 N–H and O–H groups in total. The highest BCUT2D eigenvalue weighted by molar-refractivity contribution is 9.10. The minimum atomic E-state index is -0.544. The van der Waals surface area contributed by atoms with Crippen LogP contribution in [0.3, 0.4) is 0 Å². The highest BCUT2D eigenvalue weighted by Crippen LogP contribution is 2.20. The van der Waals surface area contributed by atoms with Crippen LogP contribution in [0.25, 0.3) is 0 Å². The van der Waals surface area contributed by atoms with E-state index in [1.165, 1.54) is 18.2 Å². The van der Waals surface area contributed by atoms with Gasteiger partial charge in [-0.15, -0.1) is 0 Å². The van der Waals surface area contributed by atoms with Gasteiger partial charge in [0.05, 0.1) is 4.92 Å². The second kappa shape index (κ2) is 7.08. The van der Waals surface area contributed by atoms with Crippen molar-refractivity contribution in [2.24, 2.45) is 0 Å². The predicted octanol–water partition coefficient (Wildman–Crippen LogP) is 2.43. The van der Waals surface area contributed by atoms with Crippen LogP contribution in [0.15, 0.2) is 22.7 Å². The maximum absolute atomic E-state index is 10.3. The number of hydrogen-bond donors (Lipinski definition) is 0. The number of benzene rings is 1. The van der Waals surface area contributed by atoms with Crippen molar-refractivity contribution in [1.82, 2.24) is 0 Å². The van der Waals surface area contributed by atoms with Gasteiger partial charge in [0.25, 0.3) is 5.69 Å². The SMILES string of the molecule is COC.O=Cc1cc(Br)cc([N+](=O)[O-])c1. The number of halogens is 1. The Morgan fingerprint density at radius 3 is 2.33 bits per heavy atom. The van der Waals surface area contributed by atoms with Gasteiger partial charge in [-0.1, -0.05) is 15.9 Å². The van der Waals surface area contributed by atoms with E-state index in [2.05, 4.69) is 20.7 Å². The molecule has 82 valence electrons. The zero-order valence-electron chi connectivity index (χ0n) is 8.27. The van der Waals surface area contributed by atoms with Crippen LogP contribution in [0, 0.1) is 10.1 Å². The van der Waals surface area contributed by atoms with Crippen molar-refractivity contribution in [2.75, 3.05) is 14.2 Å². The van der Waals surface area contributed by atoms with Crippen LogP contribution in [-0.2, 0) is 4.74 Å². The van der Waals surface area contributed by atoms with Crippen LogP contribution < -0.4 is 0 Å². The van der Waals surface area contributed by atoms with Crippen LogP contribution in [-0.4, -0.2) is 25.4 Å². The molecule has 0 unspecified atom stereocenters. The van der Waals surface area contributed by atoms with E-state index >= 15 is 0 Å². The third-order valence-electron chi connectivity index (χ3n) is 1.25. The van der Waals surface area contributed by atoms with Crippen LogP contribution in [0.5, 0.6) is 0 Å². The van der Waals surface area contributed by atoms with Crippen molar-refractivity contribution >= 4 is 27.9 Å². The fourth-order valence-electron chi connectivity index (χ4n) is 0.770. The average Bonchev–Trinajstić information content (AvgIpc) is 2.18. The topological polar surface area (TPSA) is 69.4 Å². The molecule has 0 amide bonds. The van der Waals surface area contributed by atoms with Gasteiger partial charge in [-0.25, -0.2) is 0 Å². The first-order valence-electron chi connectivity index (χ1n) is 3.85. The summed E-state index contributed by atoms with van der Waals surface area (Å²) in [5.74, 6) is 0. The Balaban J connectivity index is 0.000000583. The van der Waals surface area contributed by atoms with Gasteiger partial charge in [0.15, 0.2) is 0 Å². The Morgan fingerprint density at radius 2 is 1.93 bits per heavy atom. The second-order valence-corrected chi connectivity index (χ2v) is 3.44. The standard InChI is InChI=1S/C7H4BrNO3.C2H6O/c8-6-1-5(4-10)2-7(3-6)9(11)12;1-3-2/h1-4H;1-2H3. The largest absolute Gasteiger partial charge is 0.388 e. The summed E-state index contributed by atoms with van der Waals surface area (Å²) >= 11 is 3.06. The summed E-state index contributed by atoms with van der Waals surface area (Å²) in [7, 11) is 3.25. The molecule has 0 fully saturated rings. The van der Waals surface area contributed by atoms with E-state index in [1.807, 2.05) is 0 Å². The summed E-state index contributed by atoms with van der Waals surface area (Å²) in [6.45, 7) is 0. The highest BCUT2D eigenvalue weighted by Gasteiger charge is 2.07. The van der Waals surface area contributed by atoms with Crippen molar-refractivity contribution in [3.8, 4) is 0 Å². The number of nitrogens with zero attached hydrogens (tertiary/aromatic N) is 1. The molecular formula is C9H10BrNO4. The van der Waals surface area contributed by atoms with E-state index in [1.54, 1.807) is 14.2 Å². The zero-order valence-corrected chi connectivity index (χ0v) is 9.85. The molecule has 0 heterocycles. The smallest absolute Gasteiger partial charge is 0.271 e. The molecule has 0 radical (unpaired) electrons. The molecule has 1 rings (SSSR count). The Hall–Kier alpha value is -1.27. The van der Waals surface area contributed by atoms with Crippen molar-refractivity contribution in [3.05, 3.63) is 38.3 Å². The molecule has 0 atom stereocenters. The molecule has 6 heteroatoms. The number of carbonyl (C=O) groups excluding carboxylic acids is 1. The van der Waals surface area contributed by atoms with Crippen LogP contribution in [0.4, 0.5) is 5.69 Å². The fourth-order valence-corrected chi connectivity index (χ4v) is 1.27. The van der Waals surface area contributed by atoms with Crippen LogP contribution >= 0.6 is 15.9 Å². The normalized spacial score (nSPS) is 8.73. The van der Waals surface area contributed by atoms with E-state index in [9.17, 15) is 14.9 Å². The minimum Gasteiger partial charge on any atom is -0.388 e. The van der Waals surface area contributed by atoms with Gasteiger partial charge in [-0.2, -0.15) is 0 Å². The van der Waals surface area contributed by atoms with E-state index < -0.39 is 4.92 Å². The summed E-state index contributed by atoms with van der Waals surface area (Å²) in [6, 6.07) is 4.07. The maximum atomic E-state index is 10.3.